The van der Waals surface area contributed by atoms with Gasteiger partial charge in [-0.2, -0.15) is 5.26 Å². The zero-order chi connectivity index (χ0) is 16.1. The molecule has 2 N–H and O–H groups in total. The van der Waals surface area contributed by atoms with Gasteiger partial charge < -0.3 is 14.8 Å². The molecule has 23 heavy (non-hydrogen) atoms. The van der Waals surface area contributed by atoms with Gasteiger partial charge in [0.25, 0.3) is 0 Å². The van der Waals surface area contributed by atoms with Crippen LogP contribution in [0.15, 0.2) is 40.8 Å². The van der Waals surface area contributed by atoms with E-state index in [0.29, 0.717) is 12.3 Å². The fourth-order valence-corrected chi connectivity index (χ4v) is 2.86. The Balaban J connectivity index is 1.62. The molecule has 0 amide bonds. The van der Waals surface area contributed by atoms with Crippen molar-refractivity contribution in [3.63, 3.8) is 0 Å². The van der Waals surface area contributed by atoms with Gasteiger partial charge in [-0.1, -0.05) is 18.2 Å². The van der Waals surface area contributed by atoms with Crippen molar-refractivity contribution in [3.8, 4) is 6.07 Å². The second kappa shape index (κ2) is 7.32. The predicted molar refractivity (Wildman–Crippen MR) is 87.7 cm³/mol. The van der Waals surface area contributed by atoms with Crippen LogP contribution in [0.2, 0.25) is 0 Å². The van der Waals surface area contributed by atoms with E-state index < -0.39 is 0 Å². The summed E-state index contributed by atoms with van der Waals surface area (Å²) in [7, 11) is 0. The molecule has 0 saturated carbocycles. The lowest BCUT2D eigenvalue weighted by Gasteiger charge is -2.30. The molecule has 0 aliphatic carbocycles. The normalized spacial score (nSPS) is 16.2. The van der Waals surface area contributed by atoms with E-state index in [1.807, 2.05) is 24.3 Å². The van der Waals surface area contributed by atoms with Gasteiger partial charge in [-0.05, 0) is 36.6 Å². The maximum absolute atomic E-state index is 9.61. The second-order valence-electron chi connectivity index (χ2n) is 5.90. The molecule has 2 aromatic rings. The highest BCUT2D eigenvalue weighted by Gasteiger charge is 2.17. The van der Waals surface area contributed by atoms with Gasteiger partial charge in [0.15, 0.2) is 0 Å². The smallest absolute Gasteiger partial charge is 0.203 e. The highest BCUT2D eigenvalue weighted by Crippen LogP contribution is 2.21. The van der Waals surface area contributed by atoms with E-state index in [2.05, 4.69) is 22.3 Å². The van der Waals surface area contributed by atoms with Gasteiger partial charge in [-0.25, -0.2) is 0 Å². The quantitative estimate of drug-likeness (QED) is 0.888. The number of hydrogen-bond donors (Lipinski definition) is 2. The summed E-state index contributed by atoms with van der Waals surface area (Å²) in [6.45, 7) is 3.29. The van der Waals surface area contributed by atoms with Gasteiger partial charge in [0.05, 0.1) is 12.6 Å². The first kappa shape index (κ1) is 15.6. The number of benzene rings is 1. The van der Waals surface area contributed by atoms with Gasteiger partial charge in [-0.3, -0.25) is 4.90 Å². The zero-order valence-electron chi connectivity index (χ0n) is 13.0. The summed E-state index contributed by atoms with van der Waals surface area (Å²) in [5.74, 6) is 1.08. The van der Waals surface area contributed by atoms with Crippen molar-refractivity contribution in [1.29, 1.82) is 5.26 Å². The molecule has 1 aromatic carbocycles. The molecular weight excluding hydrogens is 290 g/mol. The van der Waals surface area contributed by atoms with Gasteiger partial charge in [0.2, 0.25) is 5.76 Å². The molecule has 2 heterocycles. The molecule has 0 unspecified atom stereocenters. The summed E-state index contributed by atoms with van der Waals surface area (Å²) in [4.78, 5) is 2.37. The molecule has 0 radical (unpaired) electrons. The molecule has 1 aliphatic heterocycles. The lowest BCUT2D eigenvalue weighted by atomic mass is 10.1. The minimum absolute atomic E-state index is 0.145. The Morgan fingerprint density at radius 3 is 2.74 bits per heavy atom. The molecule has 0 bridgehead atoms. The maximum atomic E-state index is 9.61. The maximum Gasteiger partial charge on any atom is 0.203 e. The fraction of sp³-hybridized carbons (Fsp3) is 0.389. The summed E-state index contributed by atoms with van der Waals surface area (Å²) in [5, 5.41) is 21.8. The Kier molecular flexibility index (Phi) is 4.96. The van der Waals surface area contributed by atoms with Crippen LogP contribution in [0.25, 0.3) is 0 Å². The van der Waals surface area contributed by atoms with Crippen LogP contribution in [-0.2, 0) is 13.1 Å². The Labute approximate surface area is 136 Å². The van der Waals surface area contributed by atoms with Crippen molar-refractivity contribution in [2.24, 2.45) is 0 Å². The van der Waals surface area contributed by atoms with Crippen LogP contribution in [0.5, 0.6) is 0 Å². The third kappa shape index (κ3) is 4.13. The molecule has 1 saturated heterocycles. The molecule has 0 atom stereocenters. The van der Waals surface area contributed by atoms with Crippen molar-refractivity contribution in [2.75, 3.05) is 18.4 Å². The number of para-hydroxylation sites is 1. The van der Waals surface area contributed by atoms with Crippen LogP contribution in [-0.4, -0.2) is 29.2 Å². The Bertz CT molecular complexity index is 682. The molecular formula is C18H21N3O2. The highest BCUT2D eigenvalue weighted by molar-refractivity contribution is 5.51. The minimum atomic E-state index is -0.145. The summed E-state index contributed by atoms with van der Waals surface area (Å²) in [5.41, 5.74) is 2.31. The summed E-state index contributed by atoms with van der Waals surface area (Å²) < 4.78 is 5.39. The number of aliphatic hydroxyl groups is 1. The topological polar surface area (TPSA) is 72.4 Å². The van der Waals surface area contributed by atoms with Crippen LogP contribution >= 0.6 is 0 Å². The second-order valence-corrected chi connectivity index (χ2v) is 5.90. The van der Waals surface area contributed by atoms with E-state index in [9.17, 15) is 5.11 Å². The lowest BCUT2D eigenvalue weighted by molar-refractivity contribution is 0.0793. The first-order valence-corrected chi connectivity index (χ1v) is 7.95. The first-order chi connectivity index (χ1) is 11.2. The number of aliphatic hydroxyl groups excluding tert-OH is 1. The number of nitrogens with one attached hydrogen (secondary N) is 1. The van der Waals surface area contributed by atoms with Crippen LogP contribution in [0.4, 0.5) is 5.69 Å². The standard InChI is InChI=1S/C18H21N3O2/c19-11-16-5-6-17(23-16)12-20-18-4-2-1-3-14(18)13-21-9-7-15(22)8-10-21/h1-6,15,20,22H,7-10,12-13H2. The Morgan fingerprint density at radius 1 is 1.22 bits per heavy atom. The van der Waals surface area contributed by atoms with Crippen molar-refractivity contribution >= 4 is 5.69 Å². The Hall–Kier alpha value is -2.29. The monoisotopic (exact) mass is 311 g/mol. The average molecular weight is 311 g/mol. The first-order valence-electron chi connectivity index (χ1n) is 7.95. The van der Waals surface area contributed by atoms with E-state index in [0.717, 1.165) is 43.9 Å². The number of likely N-dealkylation sites (tertiary alicyclic amines) is 1. The number of hydrogen-bond acceptors (Lipinski definition) is 5. The van der Waals surface area contributed by atoms with E-state index in [1.165, 1.54) is 5.56 Å². The van der Waals surface area contributed by atoms with Gasteiger partial charge in [-0.15, -0.1) is 0 Å². The van der Waals surface area contributed by atoms with Crippen LogP contribution in [0.1, 0.15) is 29.9 Å². The third-order valence-electron chi connectivity index (χ3n) is 4.19. The molecule has 0 spiro atoms. The molecule has 5 heteroatoms. The number of furan rings is 1. The van der Waals surface area contributed by atoms with Crippen molar-refractivity contribution in [3.05, 3.63) is 53.5 Å². The molecule has 120 valence electrons. The number of piperidine rings is 1. The van der Waals surface area contributed by atoms with E-state index in [-0.39, 0.29) is 6.10 Å². The predicted octanol–water partition coefficient (Wildman–Crippen LogP) is 2.72. The summed E-state index contributed by atoms with van der Waals surface area (Å²) in [6.07, 6.45) is 1.55. The van der Waals surface area contributed by atoms with Gasteiger partial charge in [0.1, 0.15) is 11.8 Å². The van der Waals surface area contributed by atoms with E-state index in [4.69, 9.17) is 9.68 Å². The van der Waals surface area contributed by atoms with Crippen molar-refractivity contribution < 1.29 is 9.52 Å². The van der Waals surface area contributed by atoms with Crippen LogP contribution in [0.3, 0.4) is 0 Å². The van der Waals surface area contributed by atoms with Gasteiger partial charge in [0, 0.05) is 25.3 Å². The molecule has 1 aromatic heterocycles. The largest absolute Gasteiger partial charge is 0.449 e. The van der Waals surface area contributed by atoms with Crippen molar-refractivity contribution in [2.45, 2.75) is 32.0 Å². The van der Waals surface area contributed by atoms with Crippen molar-refractivity contribution in [1.82, 2.24) is 4.90 Å². The molecule has 3 rings (SSSR count). The van der Waals surface area contributed by atoms with Gasteiger partial charge >= 0.3 is 0 Å². The number of rotatable bonds is 5. The highest BCUT2D eigenvalue weighted by atomic mass is 16.3. The molecule has 1 fully saturated rings. The SMILES string of the molecule is N#Cc1ccc(CNc2ccccc2CN2CCC(O)CC2)o1. The minimum Gasteiger partial charge on any atom is -0.449 e. The third-order valence-corrected chi connectivity index (χ3v) is 4.19. The fourth-order valence-electron chi connectivity index (χ4n) is 2.86. The van der Waals surface area contributed by atoms with E-state index >= 15 is 0 Å². The van der Waals surface area contributed by atoms with Crippen LogP contribution in [0, 0.1) is 11.3 Å². The van der Waals surface area contributed by atoms with Crippen LogP contribution < -0.4 is 5.32 Å². The summed E-state index contributed by atoms with van der Waals surface area (Å²) in [6, 6.07) is 13.7. The van der Waals surface area contributed by atoms with E-state index in [1.54, 1.807) is 6.07 Å². The number of anilines is 1. The average Bonchev–Trinajstić information content (AvgIpc) is 3.04. The number of nitriles is 1. The summed E-state index contributed by atoms with van der Waals surface area (Å²) >= 11 is 0. The molecule has 1 aliphatic rings. The zero-order valence-corrected chi connectivity index (χ0v) is 13.0. The number of nitrogens with zero attached hydrogens (tertiary/aromatic N) is 2. The lowest BCUT2D eigenvalue weighted by Crippen LogP contribution is -2.35. The Morgan fingerprint density at radius 2 is 2.00 bits per heavy atom. The molecule has 5 nitrogen and oxygen atoms in total.